The normalized spacial score (nSPS) is 15.5. The fraction of sp³-hybridized carbons (Fsp3) is 0.286. The summed E-state index contributed by atoms with van der Waals surface area (Å²) in [6.07, 6.45) is 0. The zero-order valence-electron chi connectivity index (χ0n) is 17.1. The van der Waals surface area contributed by atoms with Gasteiger partial charge in [-0.2, -0.15) is 13.9 Å². The molecule has 2 aromatic heterocycles. The third-order valence-corrected chi connectivity index (χ3v) is 7.36. The predicted molar refractivity (Wildman–Crippen MR) is 115 cm³/mol. The van der Waals surface area contributed by atoms with E-state index >= 15 is 0 Å². The Hall–Kier alpha value is -3.08. The number of aromatic nitrogens is 4. The van der Waals surface area contributed by atoms with Crippen LogP contribution < -0.4 is 4.74 Å². The Morgan fingerprint density at radius 3 is 2.52 bits per heavy atom. The minimum absolute atomic E-state index is 0.166. The van der Waals surface area contributed by atoms with Gasteiger partial charge in [0, 0.05) is 23.9 Å². The highest BCUT2D eigenvalue weighted by Crippen LogP contribution is 2.33. The van der Waals surface area contributed by atoms with Crippen molar-refractivity contribution in [2.45, 2.75) is 11.8 Å². The highest BCUT2D eigenvalue weighted by molar-refractivity contribution is 7.89. The van der Waals surface area contributed by atoms with Crippen LogP contribution in [-0.4, -0.2) is 65.9 Å². The molecule has 1 aliphatic heterocycles. The van der Waals surface area contributed by atoms with E-state index in [0.717, 1.165) is 16.5 Å². The number of rotatable bonds is 4. The van der Waals surface area contributed by atoms with Gasteiger partial charge < -0.3 is 9.47 Å². The van der Waals surface area contributed by atoms with E-state index in [1.807, 2.05) is 31.2 Å². The van der Waals surface area contributed by atoms with Crippen LogP contribution in [0.4, 0.5) is 0 Å². The number of aryl methyl sites for hydroxylation is 1. The highest BCUT2D eigenvalue weighted by Gasteiger charge is 2.28. The maximum atomic E-state index is 13.2. The number of ether oxygens (including phenoxy) is 2. The summed E-state index contributed by atoms with van der Waals surface area (Å²) in [5, 5.41) is 15.3. The molecule has 0 N–H and O–H groups in total. The number of sulfonamides is 1. The number of hydrogen-bond donors (Lipinski definition) is 0. The van der Waals surface area contributed by atoms with Gasteiger partial charge in [-0.1, -0.05) is 24.3 Å². The van der Waals surface area contributed by atoms with Gasteiger partial charge in [0.1, 0.15) is 5.75 Å². The summed E-state index contributed by atoms with van der Waals surface area (Å²) in [6, 6.07) is 12.6. The maximum absolute atomic E-state index is 13.2. The average Bonchev–Trinajstić information content (AvgIpc) is 3.23. The summed E-state index contributed by atoms with van der Waals surface area (Å²) >= 11 is 0. The lowest BCUT2D eigenvalue weighted by molar-refractivity contribution is 0.0730. The summed E-state index contributed by atoms with van der Waals surface area (Å²) in [6.45, 7) is 3.33. The molecule has 3 heterocycles. The molecule has 1 saturated heterocycles. The Bertz CT molecular complexity index is 1390. The van der Waals surface area contributed by atoms with Crippen molar-refractivity contribution >= 4 is 26.4 Å². The summed E-state index contributed by atoms with van der Waals surface area (Å²) in [4.78, 5) is 0.166. The smallest absolute Gasteiger partial charge is 0.243 e. The lowest BCUT2D eigenvalue weighted by Gasteiger charge is -2.26. The van der Waals surface area contributed by atoms with Gasteiger partial charge >= 0.3 is 0 Å². The number of morpholine rings is 1. The van der Waals surface area contributed by atoms with Crippen molar-refractivity contribution in [2.24, 2.45) is 0 Å². The third-order valence-electron chi connectivity index (χ3n) is 5.47. The molecule has 0 aliphatic carbocycles. The van der Waals surface area contributed by atoms with Crippen molar-refractivity contribution in [1.29, 1.82) is 0 Å². The van der Waals surface area contributed by atoms with E-state index in [1.54, 1.807) is 22.7 Å². The standard InChI is InChI=1S/C21H21N5O4S/c1-14-16-5-3-4-6-17(16)20-22-23-21(26(20)24-14)18-13-15(7-8-19(18)29-2)31(27,28)25-9-11-30-12-10-25/h3-8,13H,9-12H2,1-2H3. The van der Waals surface area contributed by atoms with Crippen molar-refractivity contribution in [1.82, 2.24) is 24.1 Å². The van der Waals surface area contributed by atoms with E-state index in [0.29, 0.717) is 49.1 Å². The number of benzene rings is 2. The second-order valence-corrected chi connectivity index (χ2v) is 9.21. The van der Waals surface area contributed by atoms with Crippen LogP contribution in [0.3, 0.4) is 0 Å². The predicted octanol–water partition coefficient (Wildman–Crippen LogP) is 2.28. The van der Waals surface area contributed by atoms with E-state index in [4.69, 9.17) is 9.47 Å². The topological polar surface area (TPSA) is 98.9 Å². The molecule has 0 atom stereocenters. The second kappa shape index (κ2) is 7.56. The molecule has 160 valence electrons. The molecule has 1 fully saturated rings. The van der Waals surface area contributed by atoms with E-state index in [1.165, 1.54) is 11.4 Å². The molecule has 0 amide bonds. The molecule has 0 bridgehead atoms. The van der Waals surface area contributed by atoms with Crippen LogP contribution in [-0.2, 0) is 14.8 Å². The molecular formula is C21H21N5O4S. The van der Waals surface area contributed by atoms with Crippen LogP contribution in [0.15, 0.2) is 47.4 Å². The first-order valence-corrected chi connectivity index (χ1v) is 11.3. The first-order valence-electron chi connectivity index (χ1n) is 9.88. The molecule has 4 aromatic rings. The highest BCUT2D eigenvalue weighted by atomic mass is 32.2. The molecule has 0 unspecified atom stereocenters. The summed E-state index contributed by atoms with van der Waals surface area (Å²) in [5.41, 5.74) is 1.92. The van der Waals surface area contributed by atoms with Crippen molar-refractivity contribution in [3.63, 3.8) is 0 Å². The van der Waals surface area contributed by atoms with Crippen molar-refractivity contribution in [3.8, 4) is 17.1 Å². The fourth-order valence-corrected chi connectivity index (χ4v) is 5.30. The van der Waals surface area contributed by atoms with Crippen LogP contribution in [0.1, 0.15) is 5.69 Å². The second-order valence-electron chi connectivity index (χ2n) is 7.27. The van der Waals surface area contributed by atoms with Gasteiger partial charge in [-0.05, 0) is 25.1 Å². The van der Waals surface area contributed by atoms with Gasteiger partial charge in [0.05, 0.1) is 36.5 Å². The van der Waals surface area contributed by atoms with E-state index in [9.17, 15) is 8.42 Å². The Balaban J connectivity index is 1.70. The number of hydrogen-bond acceptors (Lipinski definition) is 7. The average molecular weight is 439 g/mol. The first kappa shape index (κ1) is 19.9. The lowest BCUT2D eigenvalue weighted by Crippen LogP contribution is -2.40. The molecule has 2 aromatic carbocycles. The SMILES string of the molecule is COc1ccc(S(=O)(=O)N2CCOCC2)cc1-c1nnc2c3ccccc3c(C)nn12. The Kier molecular flexibility index (Phi) is 4.84. The molecule has 10 heteroatoms. The molecule has 5 rings (SSSR count). The van der Waals surface area contributed by atoms with Crippen molar-refractivity contribution < 1.29 is 17.9 Å². The largest absolute Gasteiger partial charge is 0.496 e. The zero-order chi connectivity index (χ0) is 21.6. The zero-order valence-corrected chi connectivity index (χ0v) is 18.0. The maximum Gasteiger partial charge on any atom is 0.243 e. The number of methoxy groups -OCH3 is 1. The Labute approximate surface area is 179 Å². The minimum atomic E-state index is -3.68. The molecule has 0 spiro atoms. The molecule has 0 radical (unpaired) electrons. The van der Waals surface area contributed by atoms with Crippen LogP contribution in [0.2, 0.25) is 0 Å². The minimum Gasteiger partial charge on any atom is -0.496 e. The van der Waals surface area contributed by atoms with E-state index in [-0.39, 0.29) is 4.90 Å². The third kappa shape index (κ3) is 3.23. The molecule has 0 saturated carbocycles. The van der Waals surface area contributed by atoms with Gasteiger partial charge in [-0.3, -0.25) is 0 Å². The van der Waals surface area contributed by atoms with Crippen LogP contribution in [0.25, 0.3) is 27.8 Å². The van der Waals surface area contributed by atoms with Gasteiger partial charge in [0.25, 0.3) is 0 Å². The van der Waals surface area contributed by atoms with Crippen LogP contribution >= 0.6 is 0 Å². The van der Waals surface area contributed by atoms with Crippen molar-refractivity contribution in [3.05, 3.63) is 48.2 Å². The Morgan fingerprint density at radius 1 is 1.03 bits per heavy atom. The Morgan fingerprint density at radius 2 is 1.77 bits per heavy atom. The van der Waals surface area contributed by atoms with Gasteiger partial charge in [0.15, 0.2) is 11.5 Å². The van der Waals surface area contributed by atoms with Gasteiger partial charge in [0.2, 0.25) is 10.0 Å². The van der Waals surface area contributed by atoms with E-state index in [2.05, 4.69) is 15.3 Å². The van der Waals surface area contributed by atoms with Crippen molar-refractivity contribution in [2.75, 3.05) is 33.4 Å². The molecule has 31 heavy (non-hydrogen) atoms. The molecular weight excluding hydrogens is 418 g/mol. The van der Waals surface area contributed by atoms with Gasteiger partial charge in [-0.15, -0.1) is 10.2 Å². The fourth-order valence-electron chi connectivity index (χ4n) is 3.87. The van der Waals surface area contributed by atoms with Crippen LogP contribution in [0, 0.1) is 6.92 Å². The number of fused-ring (bicyclic) bond motifs is 3. The lowest BCUT2D eigenvalue weighted by atomic mass is 10.1. The van der Waals surface area contributed by atoms with Crippen LogP contribution in [0.5, 0.6) is 5.75 Å². The van der Waals surface area contributed by atoms with E-state index < -0.39 is 10.0 Å². The summed E-state index contributed by atoms with van der Waals surface area (Å²) in [5.74, 6) is 0.905. The quantitative estimate of drug-likeness (QED) is 0.481. The summed E-state index contributed by atoms with van der Waals surface area (Å²) in [7, 11) is -2.14. The first-order chi connectivity index (χ1) is 15.0. The summed E-state index contributed by atoms with van der Waals surface area (Å²) < 4.78 is 40.2. The van der Waals surface area contributed by atoms with Gasteiger partial charge in [-0.25, -0.2) is 8.42 Å². The monoisotopic (exact) mass is 439 g/mol. The molecule has 9 nitrogen and oxygen atoms in total. The number of nitrogens with zero attached hydrogens (tertiary/aromatic N) is 5. The molecule has 1 aliphatic rings.